The summed E-state index contributed by atoms with van der Waals surface area (Å²) in [5.41, 5.74) is 0.629. The maximum absolute atomic E-state index is 11.9. The van der Waals surface area contributed by atoms with Gasteiger partial charge in [0.2, 0.25) is 5.91 Å². The Morgan fingerprint density at radius 3 is 2.67 bits per heavy atom. The fraction of sp³-hybridized carbons (Fsp3) is 0.529. The molecule has 0 saturated carbocycles. The molecule has 0 aromatic heterocycles. The molecule has 1 aromatic rings. The van der Waals surface area contributed by atoms with Crippen LogP contribution in [0, 0.1) is 23.2 Å². The molecule has 1 aromatic carbocycles. The Kier molecular flexibility index (Phi) is 5.21. The highest BCUT2D eigenvalue weighted by molar-refractivity contribution is 5.78. The fourth-order valence-corrected chi connectivity index (χ4v) is 2.54. The van der Waals surface area contributed by atoms with Crippen LogP contribution in [-0.4, -0.2) is 30.5 Å². The molecule has 21 heavy (non-hydrogen) atoms. The highest BCUT2D eigenvalue weighted by Crippen LogP contribution is 2.24. The Morgan fingerprint density at radius 1 is 1.38 bits per heavy atom. The van der Waals surface area contributed by atoms with Crippen molar-refractivity contribution in [2.24, 2.45) is 11.8 Å². The third-order valence-electron chi connectivity index (χ3n) is 4.01. The lowest BCUT2D eigenvalue weighted by atomic mass is 9.95. The predicted octanol–water partition coefficient (Wildman–Crippen LogP) is 2.83. The number of benzene rings is 1. The number of nitriles is 1. The molecule has 1 aliphatic heterocycles. The van der Waals surface area contributed by atoms with Gasteiger partial charge in [0.15, 0.2) is 0 Å². The molecule has 0 spiro atoms. The first kappa shape index (κ1) is 15.4. The standard InChI is InChI=1S/C17H22N2O2/c1-13(2)15-10-17(20)19(12-15)8-3-9-21-16-6-4-14(11-18)5-7-16/h4-7,13,15H,3,8-10,12H2,1-2H3. The second-order valence-corrected chi connectivity index (χ2v) is 5.89. The van der Waals surface area contributed by atoms with Gasteiger partial charge in [0, 0.05) is 19.5 Å². The average Bonchev–Trinajstić information content (AvgIpc) is 2.86. The molecular formula is C17H22N2O2. The van der Waals surface area contributed by atoms with E-state index in [4.69, 9.17) is 10.00 Å². The van der Waals surface area contributed by atoms with Gasteiger partial charge in [-0.15, -0.1) is 0 Å². The van der Waals surface area contributed by atoms with Crippen LogP contribution < -0.4 is 4.74 Å². The zero-order chi connectivity index (χ0) is 15.2. The molecule has 4 nitrogen and oxygen atoms in total. The molecule has 0 N–H and O–H groups in total. The number of nitrogens with zero attached hydrogens (tertiary/aromatic N) is 2. The summed E-state index contributed by atoms with van der Waals surface area (Å²) in [4.78, 5) is 13.8. The summed E-state index contributed by atoms with van der Waals surface area (Å²) in [5, 5.41) is 8.72. The number of hydrogen-bond donors (Lipinski definition) is 0. The molecule has 0 bridgehead atoms. The van der Waals surface area contributed by atoms with E-state index in [1.807, 2.05) is 4.90 Å². The minimum atomic E-state index is 0.270. The third kappa shape index (κ3) is 4.22. The monoisotopic (exact) mass is 286 g/mol. The Hall–Kier alpha value is -2.02. The molecule has 112 valence electrons. The largest absolute Gasteiger partial charge is 0.494 e. The lowest BCUT2D eigenvalue weighted by Crippen LogP contribution is -2.27. The molecule has 0 aliphatic carbocycles. The number of hydrogen-bond acceptors (Lipinski definition) is 3. The summed E-state index contributed by atoms with van der Waals surface area (Å²) in [6, 6.07) is 9.16. The summed E-state index contributed by atoms with van der Waals surface area (Å²) in [6.07, 6.45) is 1.52. The molecule has 1 amide bonds. The van der Waals surface area contributed by atoms with Gasteiger partial charge in [-0.1, -0.05) is 13.8 Å². The van der Waals surface area contributed by atoms with Crippen LogP contribution in [0.2, 0.25) is 0 Å². The number of likely N-dealkylation sites (tertiary alicyclic amines) is 1. The van der Waals surface area contributed by atoms with Gasteiger partial charge in [-0.05, 0) is 42.5 Å². The normalized spacial score (nSPS) is 18.1. The maximum Gasteiger partial charge on any atom is 0.222 e. The molecule has 1 saturated heterocycles. The highest BCUT2D eigenvalue weighted by atomic mass is 16.5. The van der Waals surface area contributed by atoms with E-state index in [2.05, 4.69) is 19.9 Å². The Morgan fingerprint density at radius 2 is 2.10 bits per heavy atom. The van der Waals surface area contributed by atoms with Crippen molar-refractivity contribution in [3.05, 3.63) is 29.8 Å². The first-order chi connectivity index (χ1) is 10.1. The molecule has 1 atom stereocenters. The summed E-state index contributed by atoms with van der Waals surface area (Å²) >= 11 is 0. The van der Waals surface area contributed by atoms with Gasteiger partial charge in [-0.2, -0.15) is 5.26 Å². The number of carbonyl (C=O) groups is 1. The van der Waals surface area contributed by atoms with Crippen molar-refractivity contribution < 1.29 is 9.53 Å². The summed E-state index contributed by atoms with van der Waals surface area (Å²) in [7, 11) is 0. The van der Waals surface area contributed by atoms with Crippen molar-refractivity contribution in [1.29, 1.82) is 5.26 Å². The summed E-state index contributed by atoms with van der Waals surface area (Å²) < 4.78 is 5.63. The van der Waals surface area contributed by atoms with Gasteiger partial charge in [0.25, 0.3) is 0 Å². The Bertz CT molecular complexity index is 517. The molecule has 1 aliphatic rings. The van der Waals surface area contributed by atoms with Crippen LogP contribution in [0.4, 0.5) is 0 Å². The van der Waals surface area contributed by atoms with E-state index in [1.165, 1.54) is 0 Å². The van der Waals surface area contributed by atoms with Crippen molar-refractivity contribution in [2.75, 3.05) is 19.7 Å². The fourth-order valence-electron chi connectivity index (χ4n) is 2.54. The summed E-state index contributed by atoms with van der Waals surface area (Å²) in [6.45, 7) is 6.58. The zero-order valence-corrected chi connectivity index (χ0v) is 12.7. The second kappa shape index (κ2) is 7.12. The minimum absolute atomic E-state index is 0.270. The number of rotatable bonds is 6. The van der Waals surface area contributed by atoms with Gasteiger partial charge in [0.1, 0.15) is 5.75 Å². The second-order valence-electron chi connectivity index (χ2n) is 5.89. The van der Waals surface area contributed by atoms with Gasteiger partial charge < -0.3 is 9.64 Å². The number of carbonyl (C=O) groups excluding carboxylic acids is 1. The first-order valence-electron chi connectivity index (χ1n) is 7.51. The van der Waals surface area contributed by atoms with Crippen LogP contribution in [-0.2, 0) is 4.79 Å². The van der Waals surface area contributed by atoms with Crippen LogP contribution in [0.3, 0.4) is 0 Å². The highest BCUT2D eigenvalue weighted by Gasteiger charge is 2.30. The van der Waals surface area contributed by atoms with E-state index >= 15 is 0 Å². The molecule has 1 unspecified atom stereocenters. The van der Waals surface area contributed by atoms with E-state index in [1.54, 1.807) is 24.3 Å². The van der Waals surface area contributed by atoms with Crippen LogP contribution in [0.25, 0.3) is 0 Å². The molecule has 0 radical (unpaired) electrons. The lowest BCUT2D eigenvalue weighted by Gasteiger charge is -2.18. The molecule has 1 fully saturated rings. The number of amides is 1. The quantitative estimate of drug-likeness (QED) is 0.756. The number of ether oxygens (including phenoxy) is 1. The molecular weight excluding hydrogens is 264 g/mol. The molecule has 2 rings (SSSR count). The van der Waals surface area contributed by atoms with Gasteiger partial charge in [0.05, 0.1) is 18.2 Å². The van der Waals surface area contributed by atoms with Crippen molar-refractivity contribution in [3.63, 3.8) is 0 Å². The van der Waals surface area contributed by atoms with E-state index in [0.717, 1.165) is 25.3 Å². The lowest BCUT2D eigenvalue weighted by molar-refractivity contribution is -0.127. The van der Waals surface area contributed by atoms with Gasteiger partial charge in [-0.3, -0.25) is 4.79 Å². The van der Waals surface area contributed by atoms with E-state index in [9.17, 15) is 4.79 Å². The van der Waals surface area contributed by atoms with Crippen LogP contribution in [0.15, 0.2) is 24.3 Å². The van der Waals surface area contributed by atoms with Crippen LogP contribution in [0.1, 0.15) is 32.3 Å². The summed E-state index contributed by atoms with van der Waals surface area (Å²) in [5.74, 6) is 2.10. The molecule has 4 heteroatoms. The van der Waals surface area contributed by atoms with Crippen LogP contribution in [0.5, 0.6) is 5.75 Å². The Labute approximate surface area is 126 Å². The molecule has 1 heterocycles. The SMILES string of the molecule is CC(C)C1CC(=O)N(CCCOc2ccc(C#N)cc2)C1. The van der Waals surface area contributed by atoms with Crippen molar-refractivity contribution in [1.82, 2.24) is 4.90 Å². The van der Waals surface area contributed by atoms with Crippen molar-refractivity contribution in [3.8, 4) is 11.8 Å². The average molecular weight is 286 g/mol. The van der Waals surface area contributed by atoms with E-state index in [-0.39, 0.29) is 5.91 Å². The van der Waals surface area contributed by atoms with E-state index in [0.29, 0.717) is 30.4 Å². The predicted molar refractivity (Wildman–Crippen MR) is 80.8 cm³/mol. The maximum atomic E-state index is 11.9. The van der Waals surface area contributed by atoms with Crippen molar-refractivity contribution in [2.45, 2.75) is 26.7 Å². The Balaban J connectivity index is 1.70. The topological polar surface area (TPSA) is 53.3 Å². The van der Waals surface area contributed by atoms with Crippen LogP contribution >= 0.6 is 0 Å². The van der Waals surface area contributed by atoms with Gasteiger partial charge >= 0.3 is 0 Å². The third-order valence-corrected chi connectivity index (χ3v) is 4.01. The van der Waals surface area contributed by atoms with Crippen molar-refractivity contribution >= 4 is 5.91 Å². The minimum Gasteiger partial charge on any atom is -0.494 e. The first-order valence-corrected chi connectivity index (χ1v) is 7.51. The van der Waals surface area contributed by atoms with Gasteiger partial charge in [-0.25, -0.2) is 0 Å². The smallest absolute Gasteiger partial charge is 0.222 e. The zero-order valence-electron chi connectivity index (χ0n) is 12.7. The van der Waals surface area contributed by atoms with E-state index < -0.39 is 0 Å².